The molecule has 0 aliphatic carbocycles. The number of rotatable bonds is 4. The van der Waals surface area contributed by atoms with Crippen LogP contribution in [-0.4, -0.2) is 11.4 Å². The molecular formula is C40H42N4Ni. The molecule has 2 aliphatic heterocycles. The smallest absolute Gasteiger partial charge is 0.661 e. The Balaban J connectivity index is 0.000000200. The van der Waals surface area contributed by atoms with Gasteiger partial charge in [0, 0.05) is 11.4 Å². The number of aliphatic imine (C=N–C) groups is 2. The zero-order chi connectivity index (χ0) is 31.7. The Morgan fingerprint density at radius 1 is 0.489 bits per heavy atom. The van der Waals surface area contributed by atoms with Gasteiger partial charge in [-0.25, -0.2) is 0 Å². The van der Waals surface area contributed by atoms with Crippen molar-refractivity contribution < 1.29 is 16.5 Å². The summed E-state index contributed by atoms with van der Waals surface area (Å²) in [6.45, 7) is 20.9. The minimum Gasteiger partial charge on any atom is -0.661 e. The van der Waals surface area contributed by atoms with Gasteiger partial charge in [-0.05, 0) is 101 Å². The van der Waals surface area contributed by atoms with Gasteiger partial charge in [-0.15, -0.1) is 11.4 Å². The summed E-state index contributed by atoms with van der Waals surface area (Å²) in [5, 5.41) is 0. The van der Waals surface area contributed by atoms with Crippen molar-refractivity contribution in [1.82, 2.24) is 9.97 Å². The van der Waals surface area contributed by atoms with E-state index in [0.717, 1.165) is 56.7 Å². The van der Waals surface area contributed by atoms with Crippen LogP contribution in [-0.2, 0) is 16.5 Å². The zero-order valence-corrected chi connectivity index (χ0v) is 29.0. The summed E-state index contributed by atoms with van der Waals surface area (Å²) < 4.78 is 0. The van der Waals surface area contributed by atoms with Crippen LogP contribution in [0.2, 0.25) is 0 Å². The number of hydrogen-bond donors (Lipinski definition) is 0. The molecule has 0 saturated carbocycles. The summed E-state index contributed by atoms with van der Waals surface area (Å²) in [5.74, 6) is 0. The molecule has 5 heteroatoms. The summed E-state index contributed by atoms with van der Waals surface area (Å²) >= 11 is 0. The quantitative estimate of drug-likeness (QED) is 0.209. The Morgan fingerprint density at radius 2 is 0.822 bits per heavy atom. The molecule has 232 valence electrons. The monoisotopic (exact) mass is 636 g/mol. The third-order valence-corrected chi connectivity index (χ3v) is 7.98. The zero-order valence-electron chi connectivity index (χ0n) is 28.0. The van der Waals surface area contributed by atoms with Crippen molar-refractivity contribution in [1.29, 1.82) is 0 Å². The first-order valence-corrected chi connectivity index (χ1v) is 15.2. The fourth-order valence-corrected chi connectivity index (χ4v) is 5.94. The van der Waals surface area contributed by atoms with Gasteiger partial charge in [0.25, 0.3) is 0 Å². The van der Waals surface area contributed by atoms with Gasteiger partial charge in [0.1, 0.15) is 0 Å². The van der Waals surface area contributed by atoms with Crippen LogP contribution in [0.5, 0.6) is 0 Å². The number of aryl methyl sites for hydroxylation is 6. The number of benzene rings is 2. The van der Waals surface area contributed by atoms with Crippen LogP contribution in [0.3, 0.4) is 0 Å². The van der Waals surface area contributed by atoms with Crippen LogP contribution in [0.25, 0.3) is 11.1 Å². The normalized spacial score (nSPS) is 16.2. The van der Waals surface area contributed by atoms with Crippen molar-refractivity contribution in [3.05, 3.63) is 152 Å². The molecule has 0 bridgehead atoms. The van der Waals surface area contributed by atoms with E-state index in [4.69, 9.17) is 20.0 Å². The van der Waals surface area contributed by atoms with Crippen molar-refractivity contribution in [2.24, 2.45) is 9.98 Å². The molecule has 0 fully saturated rings. The van der Waals surface area contributed by atoms with Gasteiger partial charge in [-0.3, -0.25) is 9.98 Å². The fraction of sp³-hybridized carbons (Fsp3) is 0.250. The SMILES string of the molecule is CC1=CC(C)=N/C1=C(/c1ccc(C)cc1)c1[n-]c(C)cc1C.CC1=CC(C)=N/C1=C(/c1ccc(C)cc1)c1[n-]c(C)cc1C.[Ni+2]. The van der Waals surface area contributed by atoms with E-state index in [1.165, 1.54) is 44.5 Å². The second-order valence-corrected chi connectivity index (χ2v) is 12.2. The first kappa shape index (κ1) is 33.7. The van der Waals surface area contributed by atoms with Crippen LogP contribution >= 0.6 is 0 Å². The molecule has 2 aromatic heterocycles. The van der Waals surface area contributed by atoms with E-state index in [2.05, 4.69) is 114 Å². The molecule has 0 spiro atoms. The molecule has 4 nitrogen and oxygen atoms in total. The van der Waals surface area contributed by atoms with E-state index in [1.807, 2.05) is 27.7 Å². The largest absolute Gasteiger partial charge is 2.00 e. The standard InChI is InChI=1S/2C20H21N2.Ni/c2*1-12-6-8-17(9-7-12)18(19-13(2)10-15(4)21-19)20-14(3)11-16(5)22-20;/h2*6-11H,1-5H3;/q2*-1;+2/b2*19-18-;. The van der Waals surface area contributed by atoms with E-state index in [9.17, 15) is 0 Å². The van der Waals surface area contributed by atoms with Crippen molar-refractivity contribution in [3.63, 3.8) is 0 Å². The van der Waals surface area contributed by atoms with Gasteiger partial charge >= 0.3 is 16.5 Å². The summed E-state index contributed by atoms with van der Waals surface area (Å²) in [4.78, 5) is 19.0. The molecule has 0 N–H and O–H groups in total. The summed E-state index contributed by atoms with van der Waals surface area (Å²) in [7, 11) is 0. The van der Waals surface area contributed by atoms with Gasteiger partial charge in [0.2, 0.25) is 0 Å². The molecule has 6 rings (SSSR count). The molecule has 0 amide bonds. The second-order valence-electron chi connectivity index (χ2n) is 12.2. The van der Waals surface area contributed by atoms with Crippen LogP contribution in [0.1, 0.15) is 83.9 Å². The molecule has 2 aliphatic rings. The van der Waals surface area contributed by atoms with Crippen molar-refractivity contribution in [2.75, 3.05) is 0 Å². The van der Waals surface area contributed by atoms with E-state index >= 15 is 0 Å². The molecule has 4 heterocycles. The van der Waals surface area contributed by atoms with E-state index in [1.54, 1.807) is 0 Å². The second kappa shape index (κ2) is 13.8. The van der Waals surface area contributed by atoms with Gasteiger partial charge in [0.05, 0.1) is 11.4 Å². The summed E-state index contributed by atoms with van der Waals surface area (Å²) in [6.07, 6.45) is 4.27. The van der Waals surface area contributed by atoms with Gasteiger partial charge in [-0.1, -0.05) is 96.8 Å². The molecule has 0 saturated heterocycles. The summed E-state index contributed by atoms with van der Waals surface area (Å²) in [5.41, 5.74) is 20.3. The molecule has 2 aromatic carbocycles. The third kappa shape index (κ3) is 7.37. The van der Waals surface area contributed by atoms with Crippen molar-refractivity contribution >= 4 is 22.6 Å². The van der Waals surface area contributed by atoms with Gasteiger partial charge in [-0.2, -0.15) is 11.4 Å². The number of aromatic nitrogens is 2. The third-order valence-electron chi connectivity index (χ3n) is 7.98. The average molecular weight is 637 g/mol. The topological polar surface area (TPSA) is 52.9 Å². The number of allylic oxidation sites excluding steroid dienone is 4. The van der Waals surface area contributed by atoms with E-state index < -0.39 is 0 Å². The Bertz CT molecular complexity index is 1770. The van der Waals surface area contributed by atoms with E-state index in [-0.39, 0.29) is 16.5 Å². The maximum absolute atomic E-state index is 4.76. The summed E-state index contributed by atoms with van der Waals surface area (Å²) in [6, 6.07) is 21.5. The maximum atomic E-state index is 4.76. The van der Waals surface area contributed by atoms with E-state index in [0.29, 0.717) is 0 Å². The van der Waals surface area contributed by atoms with Crippen molar-refractivity contribution in [3.8, 4) is 0 Å². The first-order valence-electron chi connectivity index (χ1n) is 15.2. The molecule has 4 aromatic rings. The van der Waals surface area contributed by atoms with Crippen molar-refractivity contribution in [2.45, 2.75) is 69.2 Å². The predicted octanol–water partition coefficient (Wildman–Crippen LogP) is 9.50. The minimum absolute atomic E-state index is 0. The molecule has 45 heavy (non-hydrogen) atoms. The van der Waals surface area contributed by atoms with Gasteiger partial charge in [0.15, 0.2) is 0 Å². The molecule has 0 radical (unpaired) electrons. The van der Waals surface area contributed by atoms with Crippen LogP contribution < -0.4 is 9.97 Å². The molecule has 0 atom stereocenters. The Kier molecular flexibility index (Phi) is 10.4. The maximum Gasteiger partial charge on any atom is 2.00 e. The van der Waals surface area contributed by atoms with Crippen LogP contribution in [0.4, 0.5) is 0 Å². The molecule has 0 unspecified atom stereocenters. The number of nitrogens with zero attached hydrogens (tertiary/aromatic N) is 4. The molecular weight excluding hydrogens is 595 g/mol. The van der Waals surface area contributed by atoms with Gasteiger partial charge < -0.3 is 9.97 Å². The minimum atomic E-state index is 0. The van der Waals surface area contributed by atoms with Crippen LogP contribution in [0, 0.1) is 41.5 Å². The first-order chi connectivity index (χ1) is 20.9. The Hall–Kier alpha value is -4.21. The fourth-order valence-electron chi connectivity index (χ4n) is 5.94. The predicted molar refractivity (Wildman–Crippen MR) is 187 cm³/mol. The Morgan fingerprint density at radius 3 is 1.07 bits per heavy atom. The average Bonchev–Trinajstić information content (AvgIpc) is 3.68. The number of hydrogen-bond acceptors (Lipinski definition) is 2. The Labute approximate surface area is 278 Å². The van der Waals surface area contributed by atoms with Crippen LogP contribution in [0.15, 0.2) is 105 Å².